The van der Waals surface area contributed by atoms with Crippen molar-refractivity contribution in [2.45, 2.75) is 39.2 Å². The average Bonchev–Trinajstić information content (AvgIpc) is 2.62. The first-order valence-corrected chi connectivity index (χ1v) is 9.55. The van der Waals surface area contributed by atoms with E-state index in [2.05, 4.69) is 46.2 Å². The summed E-state index contributed by atoms with van der Waals surface area (Å²) in [5, 5.41) is 7.04. The van der Waals surface area contributed by atoms with Crippen LogP contribution in [0.3, 0.4) is 0 Å². The number of rotatable bonds is 6. The number of hydrogen-bond donors (Lipinski definition) is 2. The Balaban J connectivity index is 0.00000312. The van der Waals surface area contributed by atoms with E-state index < -0.39 is 0 Å². The molecule has 2 saturated heterocycles. The van der Waals surface area contributed by atoms with Gasteiger partial charge in [0.05, 0.1) is 13.2 Å². The van der Waals surface area contributed by atoms with E-state index >= 15 is 0 Å². The first kappa shape index (κ1) is 22.9. The van der Waals surface area contributed by atoms with Gasteiger partial charge in [-0.05, 0) is 45.7 Å². The minimum absolute atomic E-state index is 0. The van der Waals surface area contributed by atoms with Gasteiger partial charge in [0.2, 0.25) is 0 Å². The molecule has 2 aliphatic heterocycles. The SMILES string of the molecule is CCN1CCCC(CNC(=NC)NCC(C)(C)N2CCOCC2)C1.I. The number of guanidine groups is 1. The molecule has 2 heterocycles. The van der Waals surface area contributed by atoms with Crippen LogP contribution in [0.15, 0.2) is 4.99 Å². The number of nitrogens with zero attached hydrogens (tertiary/aromatic N) is 3. The van der Waals surface area contributed by atoms with Crippen LogP contribution in [0.5, 0.6) is 0 Å². The van der Waals surface area contributed by atoms with Gasteiger partial charge < -0.3 is 20.3 Å². The van der Waals surface area contributed by atoms with Gasteiger partial charge in [-0.1, -0.05) is 6.92 Å². The van der Waals surface area contributed by atoms with Crippen LogP contribution in [-0.4, -0.2) is 87.4 Å². The highest BCUT2D eigenvalue weighted by molar-refractivity contribution is 14.0. The second kappa shape index (κ2) is 11.6. The van der Waals surface area contributed by atoms with Crippen molar-refractivity contribution < 1.29 is 4.74 Å². The molecule has 0 aliphatic carbocycles. The van der Waals surface area contributed by atoms with Crippen LogP contribution in [0, 0.1) is 5.92 Å². The molecule has 2 fully saturated rings. The summed E-state index contributed by atoms with van der Waals surface area (Å²) in [6, 6.07) is 0. The number of aliphatic imine (C=N–C) groups is 1. The molecule has 0 radical (unpaired) electrons. The molecule has 0 amide bonds. The number of likely N-dealkylation sites (tertiary alicyclic amines) is 1. The molecule has 1 unspecified atom stereocenters. The Hall–Kier alpha value is -0.120. The van der Waals surface area contributed by atoms with Crippen molar-refractivity contribution in [3.63, 3.8) is 0 Å². The minimum atomic E-state index is 0. The normalized spacial score (nSPS) is 23.8. The second-order valence-electron chi connectivity index (χ2n) is 7.62. The predicted octanol–water partition coefficient (Wildman–Crippen LogP) is 1.61. The maximum Gasteiger partial charge on any atom is 0.191 e. The van der Waals surface area contributed by atoms with Crippen LogP contribution in [0.25, 0.3) is 0 Å². The maximum absolute atomic E-state index is 5.46. The Morgan fingerprint density at radius 1 is 1.20 bits per heavy atom. The third-order valence-corrected chi connectivity index (χ3v) is 5.39. The fourth-order valence-corrected chi connectivity index (χ4v) is 3.65. The molecule has 0 saturated carbocycles. The smallest absolute Gasteiger partial charge is 0.191 e. The summed E-state index contributed by atoms with van der Waals surface area (Å²) in [6.07, 6.45) is 2.63. The highest BCUT2D eigenvalue weighted by Crippen LogP contribution is 2.16. The Bertz CT molecular complexity index is 399. The van der Waals surface area contributed by atoms with Crippen LogP contribution >= 0.6 is 24.0 Å². The fraction of sp³-hybridized carbons (Fsp3) is 0.944. The van der Waals surface area contributed by atoms with Crippen molar-refractivity contribution in [2.75, 3.05) is 66.1 Å². The monoisotopic (exact) mass is 467 g/mol. The summed E-state index contributed by atoms with van der Waals surface area (Å²) in [5.41, 5.74) is 0.102. The van der Waals surface area contributed by atoms with Gasteiger partial charge in [-0.3, -0.25) is 9.89 Å². The highest BCUT2D eigenvalue weighted by atomic mass is 127. The number of piperidine rings is 1. The molecule has 0 spiro atoms. The predicted molar refractivity (Wildman–Crippen MR) is 116 cm³/mol. The molecule has 2 N–H and O–H groups in total. The lowest BCUT2D eigenvalue weighted by molar-refractivity contribution is -0.00834. The van der Waals surface area contributed by atoms with Gasteiger partial charge in [0.15, 0.2) is 5.96 Å². The highest BCUT2D eigenvalue weighted by Gasteiger charge is 2.28. The topological polar surface area (TPSA) is 52.1 Å². The van der Waals surface area contributed by atoms with Crippen molar-refractivity contribution in [1.29, 1.82) is 0 Å². The Kier molecular flexibility index (Phi) is 10.6. The standard InChI is InChI=1S/C18H37N5O.HI/c1-5-22-8-6-7-16(14-22)13-20-17(19-4)21-15-18(2,3)23-9-11-24-12-10-23;/h16H,5-15H2,1-4H3,(H2,19,20,21);1H. The van der Waals surface area contributed by atoms with Gasteiger partial charge in [-0.15, -0.1) is 24.0 Å². The molecule has 0 aromatic carbocycles. The summed E-state index contributed by atoms with van der Waals surface area (Å²) in [4.78, 5) is 9.44. The zero-order chi connectivity index (χ0) is 17.4. The fourth-order valence-electron chi connectivity index (χ4n) is 3.65. The van der Waals surface area contributed by atoms with Gasteiger partial charge in [0.1, 0.15) is 0 Å². The van der Waals surface area contributed by atoms with Crippen molar-refractivity contribution in [1.82, 2.24) is 20.4 Å². The van der Waals surface area contributed by atoms with Crippen LogP contribution < -0.4 is 10.6 Å². The third-order valence-electron chi connectivity index (χ3n) is 5.39. The number of morpholine rings is 1. The van der Waals surface area contributed by atoms with Crippen LogP contribution in [0.1, 0.15) is 33.6 Å². The zero-order valence-electron chi connectivity index (χ0n) is 16.5. The number of nitrogens with one attached hydrogen (secondary N) is 2. The minimum Gasteiger partial charge on any atom is -0.379 e. The molecule has 1 atom stereocenters. The molecule has 0 aromatic heterocycles. The molecular weight excluding hydrogens is 429 g/mol. The van der Waals surface area contributed by atoms with Crippen LogP contribution in [-0.2, 0) is 4.74 Å². The lowest BCUT2D eigenvalue weighted by Gasteiger charge is -2.41. The molecule has 2 aliphatic rings. The van der Waals surface area contributed by atoms with E-state index in [0.29, 0.717) is 0 Å². The number of ether oxygens (including phenoxy) is 1. The summed E-state index contributed by atoms with van der Waals surface area (Å²) < 4.78 is 5.46. The van der Waals surface area contributed by atoms with Crippen molar-refractivity contribution >= 4 is 29.9 Å². The third kappa shape index (κ3) is 7.56. The van der Waals surface area contributed by atoms with E-state index in [9.17, 15) is 0 Å². The average molecular weight is 467 g/mol. The van der Waals surface area contributed by atoms with Gasteiger partial charge >= 0.3 is 0 Å². The molecule has 2 rings (SSSR count). The van der Waals surface area contributed by atoms with E-state index in [1.807, 2.05) is 7.05 Å². The Morgan fingerprint density at radius 3 is 2.56 bits per heavy atom. The molecule has 25 heavy (non-hydrogen) atoms. The molecule has 0 aromatic rings. The largest absolute Gasteiger partial charge is 0.379 e. The summed E-state index contributed by atoms with van der Waals surface area (Å²) in [6.45, 7) is 16.1. The zero-order valence-corrected chi connectivity index (χ0v) is 18.8. The van der Waals surface area contributed by atoms with Crippen molar-refractivity contribution in [2.24, 2.45) is 10.9 Å². The molecule has 6 nitrogen and oxygen atoms in total. The summed E-state index contributed by atoms with van der Waals surface area (Å²) in [5.74, 6) is 1.65. The Labute approximate surface area is 171 Å². The van der Waals surface area contributed by atoms with Gasteiger partial charge in [-0.25, -0.2) is 0 Å². The van der Waals surface area contributed by atoms with E-state index in [1.165, 1.54) is 25.9 Å². The van der Waals surface area contributed by atoms with Gasteiger partial charge in [0, 0.05) is 45.3 Å². The number of halogens is 1. The van der Waals surface area contributed by atoms with E-state index in [1.54, 1.807) is 0 Å². The van der Waals surface area contributed by atoms with Crippen molar-refractivity contribution in [3.05, 3.63) is 0 Å². The first-order chi connectivity index (χ1) is 11.5. The van der Waals surface area contributed by atoms with Gasteiger partial charge in [-0.2, -0.15) is 0 Å². The Morgan fingerprint density at radius 2 is 1.92 bits per heavy atom. The molecule has 0 bridgehead atoms. The van der Waals surface area contributed by atoms with Gasteiger partial charge in [0.25, 0.3) is 0 Å². The quantitative estimate of drug-likeness (QED) is 0.353. The summed E-state index contributed by atoms with van der Waals surface area (Å²) in [7, 11) is 1.86. The first-order valence-electron chi connectivity index (χ1n) is 9.55. The summed E-state index contributed by atoms with van der Waals surface area (Å²) >= 11 is 0. The van der Waals surface area contributed by atoms with E-state index in [0.717, 1.165) is 57.8 Å². The molecular formula is C18H38IN5O. The van der Waals surface area contributed by atoms with Crippen LogP contribution in [0.4, 0.5) is 0 Å². The molecule has 7 heteroatoms. The maximum atomic E-state index is 5.46. The van der Waals surface area contributed by atoms with Crippen molar-refractivity contribution in [3.8, 4) is 0 Å². The second-order valence-corrected chi connectivity index (χ2v) is 7.62. The van der Waals surface area contributed by atoms with E-state index in [-0.39, 0.29) is 29.5 Å². The number of hydrogen-bond acceptors (Lipinski definition) is 4. The van der Waals surface area contributed by atoms with E-state index in [4.69, 9.17) is 4.74 Å². The van der Waals surface area contributed by atoms with Crippen LogP contribution in [0.2, 0.25) is 0 Å². The lowest BCUT2D eigenvalue weighted by atomic mass is 9.98. The molecule has 148 valence electrons. The lowest BCUT2D eigenvalue weighted by Crippen LogP contribution is -2.56.